The van der Waals surface area contributed by atoms with Gasteiger partial charge in [0.15, 0.2) is 5.16 Å². The number of rotatable bonds is 9. The lowest BCUT2D eigenvalue weighted by molar-refractivity contribution is -0.119. The molecule has 29 heavy (non-hydrogen) atoms. The fourth-order valence-electron chi connectivity index (χ4n) is 3.15. The second kappa shape index (κ2) is 9.24. The third kappa shape index (κ3) is 5.25. The summed E-state index contributed by atoms with van der Waals surface area (Å²) in [5.41, 5.74) is 1.98. The number of carbonyl (C=O) groups is 1. The Kier molecular flexibility index (Phi) is 6.27. The van der Waals surface area contributed by atoms with E-state index in [-0.39, 0.29) is 18.2 Å². The first kappa shape index (κ1) is 19.7. The van der Waals surface area contributed by atoms with Crippen LogP contribution in [0, 0.1) is 0 Å². The maximum atomic E-state index is 12.3. The lowest BCUT2D eigenvalue weighted by Crippen LogP contribution is -2.29. The van der Waals surface area contributed by atoms with E-state index in [1.807, 2.05) is 48.5 Å². The molecule has 2 N–H and O–H groups in total. The molecule has 1 aromatic heterocycles. The third-order valence-corrected chi connectivity index (χ3v) is 5.85. The van der Waals surface area contributed by atoms with E-state index in [1.165, 1.54) is 17.3 Å². The summed E-state index contributed by atoms with van der Waals surface area (Å²) in [6, 6.07) is 19.5. The molecular formula is C22H24N4O2S. The molecule has 2 aromatic carbocycles. The van der Waals surface area contributed by atoms with E-state index >= 15 is 0 Å². The number of carbonyl (C=O) groups excluding carboxylic acids is 1. The molecular weight excluding hydrogens is 384 g/mol. The van der Waals surface area contributed by atoms with Gasteiger partial charge < -0.3 is 15.0 Å². The number of nitrogens with zero attached hydrogens (tertiary/aromatic N) is 3. The second-order valence-corrected chi connectivity index (χ2v) is 8.15. The highest BCUT2D eigenvalue weighted by Gasteiger charge is 2.30. The Morgan fingerprint density at radius 2 is 1.79 bits per heavy atom. The molecule has 4 rings (SSSR count). The van der Waals surface area contributed by atoms with Crippen LogP contribution in [0.2, 0.25) is 0 Å². The number of nitrogens with one attached hydrogen (secondary N) is 1. The first-order valence-corrected chi connectivity index (χ1v) is 10.8. The van der Waals surface area contributed by atoms with Crippen molar-refractivity contribution in [3.8, 4) is 0 Å². The van der Waals surface area contributed by atoms with Crippen LogP contribution in [0.1, 0.15) is 41.8 Å². The Labute approximate surface area is 174 Å². The molecule has 1 amide bonds. The second-order valence-electron chi connectivity index (χ2n) is 7.21. The molecule has 1 saturated carbocycles. The molecule has 0 saturated heterocycles. The average Bonchev–Trinajstić information content (AvgIpc) is 3.53. The fourth-order valence-corrected chi connectivity index (χ4v) is 3.92. The van der Waals surface area contributed by atoms with Gasteiger partial charge in [0.25, 0.3) is 0 Å². The monoisotopic (exact) mass is 408 g/mol. The Morgan fingerprint density at radius 1 is 1.10 bits per heavy atom. The van der Waals surface area contributed by atoms with Crippen LogP contribution in [-0.4, -0.2) is 38.1 Å². The number of hydrogen-bond donors (Lipinski definition) is 2. The maximum Gasteiger partial charge on any atom is 0.230 e. The van der Waals surface area contributed by atoms with E-state index in [9.17, 15) is 9.90 Å². The number of aliphatic hydroxyl groups excluding tert-OH is 1. The van der Waals surface area contributed by atoms with Gasteiger partial charge in [0.1, 0.15) is 5.82 Å². The molecule has 0 radical (unpaired) electrons. The number of hydrogen-bond acceptors (Lipinski definition) is 5. The highest BCUT2D eigenvalue weighted by Crippen LogP contribution is 2.40. The van der Waals surface area contributed by atoms with Crippen molar-refractivity contribution in [1.82, 2.24) is 20.1 Å². The van der Waals surface area contributed by atoms with Crippen molar-refractivity contribution < 1.29 is 9.90 Å². The van der Waals surface area contributed by atoms with Gasteiger partial charge in [-0.15, -0.1) is 10.2 Å². The lowest BCUT2D eigenvalue weighted by Gasteiger charge is -2.12. The number of thioether (sulfide) groups is 1. The van der Waals surface area contributed by atoms with Gasteiger partial charge in [-0.25, -0.2) is 0 Å². The van der Waals surface area contributed by atoms with Gasteiger partial charge in [-0.2, -0.15) is 0 Å². The SMILES string of the molecule is O=C(CSc1nnc(C2CC2)n1Cc1ccccc1)NCC(O)c1ccccc1. The molecule has 1 aliphatic carbocycles. The Bertz CT molecular complexity index is 942. The lowest BCUT2D eigenvalue weighted by atomic mass is 10.1. The van der Waals surface area contributed by atoms with Crippen molar-refractivity contribution in [3.05, 3.63) is 77.6 Å². The van der Waals surface area contributed by atoms with E-state index in [1.54, 1.807) is 0 Å². The van der Waals surface area contributed by atoms with Crippen molar-refractivity contribution in [1.29, 1.82) is 0 Å². The highest BCUT2D eigenvalue weighted by atomic mass is 32.2. The minimum atomic E-state index is -0.714. The molecule has 7 heteroatoms. The van der Waals surface area contributed by atoms with Crippen molar-refractivity contribution in [3.63, 3.8) is 0 Å². The number of benzene rings is 2. The summed E-state index contributed by atoms with van der Waals surface area (Å²) in [6.45, 7) is 0.893. The Morgan fingerprint density at radius 3 is 2.48 bits per heavy atom. The van der Waals surface area contributed by atoms with Crippen molar-refractivity contribution >= 4 is 17.7 Å². The smallest absolute Gasteiger partial charge is 0.230 e. The number of aliphatic hydroxyl groups is 1. The van der Waals surface area contributed by atoms with Crippen molar-refractivity contribution in [2.24, 2.45) is 0 Å². The van der Waals surface area contributed by atoms with Crippen LogP contribution in [0.3, 0.4) is 0 Å². The minimum absolute atomic E-state index is 0.132. The number of amides is 1. The largest absolute Gasteiger partial charge is 0.387 e. The van der Waals surface area contributed by atoms with Crippen molar-refractivity contribution in [2.75, 3.05) is 12.3 Å². The predicted molar refractivity (Wildman–Crippen MR) is 113 cm³/mol. The Hall–Kier alpha value is -2.64. The zero-order chi connectivity index (χ0) is 20.1. The van der Waals surface area contributed by atoms with E-state index in [2.05, 4.69) is 32.2 Å². The van der Waals surface area contributed by atoms with Crippen LogP contribution in [0.5, 0.6) is 0 Å². The van der Waals surface area contributed by atoms with E-state index < -0.39 is 6.10 Å². The summed E-state index contributed by atoms with van der Waals surface area (Å²) in [5.74, 6) is 1.60. The molecule has 1 heterocycles. The summed E-state index contributed by atoms with van der Waals surface area (Å²) < 4.78 is 2.13. The molecule has 0 aliphatic heterocycles. The van der Waals surface area contributed by atoms with E-state index in [4.69, 9.17) is 0 Å². The molecule has 0 spiro atoms. The molecule has 1 unspecified atom stereocenters. The molecule has 1 fully saturated rings. The van der Waals surface area contributed by atoms with Gasteiger partial charge in [0, 0.05) is 12.5 Å². The fraction of sp³-hybridized carbons (Fsp3) is 0.318. The molecule has 1 atom stereocenters. The highest BCUT2D eigenvalue weighted by molar-refractivity contribution is 7.99. The van der Waals surface area contributed by atoms with Gasteiger partial charge in [0.2, 0.25) is 5.91 Å². The van der Waals surface area contributed by atoms with Crippen LogP contribution >= 0.6 is 11.8 Å². The van der Waals surface area contributed by atoms with E-state index in [0.29, 0.717) is 12.5 Å². The Balaban J connectivity index is 1.35. The van der Waals surface area contributed by atoms with Crippen LogP contribution < -0.4 is 5.32 Å². The molecule has 0 bridgehead atoms. The van der Waals surface area contributed by atoms with Crippen LogP contribution in [0.15, 0.2) is 65.8 Å². The standard InChI is InChI=1S/C22H24N4O2S/c27-19(17-9-5-2-6-10-17)13-23-20(28)15-29-22-25-24-21(18-11-12-18)26(22)14-16-7-3-1-4-8-16/h1-10,18-19,27H,11-15H2,(H,23,28). The molecule has 6 nitrogen and oxygen atoms in total. The maximum absolute atomic E-state index is 12.3. The summed E-state index contributed by atoms with van der Waals surface area (Å²) in [4.78, 5) is 12.3. The summed E-state index contributed by atoms with van der Waals surface area (Å²) in [7, 11) is 0. The van der Waals surface area contributed by atoms with Gasteiger partial charge >= 0.3 is 0 Å². The first-order chi connectivity index (χ1) is 14.2. The summed E-state index contributed by atoms with van der Waals surface area (Å²) >= 11 is 1.38. The first-order valence-electron chi connectivity index (χ1n) is 9.80. The van der Waals surface area contributed by atoms with Crippen LogP contribution in [0.4, 0.5) is 0 Å². The van der Waals surface area contributed by atoms with Crippen molar-refractivity contribution in [2.45, 2.75) is 36.6 Å². The van der Waals surface area contributed by atoms with E-state index in [0.717, 1.165) is 29.4 Å². The van der Waals surface area contributed by atoms with Gasteiger partial charge in [0.05, 0.1) is 18.4 Å². The zero-order valence-electron chi connectivity index (χ0n) is 16.1. The summed E-state index contributed by atoms with van der Waals surface area (Å²) in [5, 5.41) is 22.5. The third-order valence-electron chi connectivity index (χ3n) is 4.88. The van der Waals surface area contributed by atoms with Gasteiger partial charge in [-0.05, 0) is 24.0 Å². The van der Waals surface area contributed by atoms with Gasteiger partial charge in [-0.1, -0.05) is 72.4 Å². The zero-order valence-corrected chi connectivity index (χ0v) is 16.9. The molecule has 150 valence electrons. The number of aromatic nitrogens is 3. The topological polar surface area (TPSA) is 80.0 Å². The quantitative estimate of drug-likeness (QED) is 0.532. The predicted octanol–water partition coefficient (Wildman–Crippen LogP) is 3.15. The van der Waals surface area contributed by atoms with Crippen LogP contribution in [0.25, 0.3) is 0 Å². The summed E-state index contributed by atoms with van der Waals surface area (Å²) in [6.07, 6.45) is 1.58. The van der Waals surface area contributed by atoms with Gasteiger partial charge in [-0.3, -0.25) is 4.79 Å². The normalized spacial score (nSPS) is 14.5. The van der Waals surface area contributed by atoms with Crippen LogP contribution in [-0.2, 0) is 11.3 Å². The minimum Gasteiger partial charge on any atom is -0.387 e. The average molecular weight is 409 g/mol. The molecule has 1 aliphatic rings. The molecule has 3 aromatic rings.